The molecular weight excluding hydrogens is 392 g/mol. The van der Waals surface area contributed by atoms with Gasteiger partial charge in [-0.3, -0.25) is 14.4 Å². The van der Waals surface area contributed by atoms with Gasteiger partial charge in [0.25, 0.3) is 11.5 Å². The van der Waals surface area contributed by atoms with Crippen molar-refractivity contribution < 1.29 is 9.59 Å². The molecule has 7 nitrogen and oxygen atoms in total. The highest BCUT2D eigenvalue weighted by Gasteiger charge is 2.38. The van der Waals surface area contributed by atoms with Gasteiger partial charge in [0.2, 0.25) is 5.91 Å². The van der Waals surface area contributed by atoms with Crippen molar-refractivity contribution in [2.24, 2.45) is 0 Å². The highest BCUT2D eigenvalue weighted by Crippen LogP contribution is 2.28. The maximum absolute atomic E-state index is 12.7. The zero-order chi connectivity index (χ0) is 22.8. The fourth-order valence-corrected chi connectivity index (χ4v) is 4.49. The first-order chi connectivity index (χ1) is 14.4. The fourth-order valence-electron chi connectivity index (χ4n) is 4.49. The molecule has 166 valence electrons. The van der Waals surface area contributed by atoms with Crippen LogP contribution >= 0.6 is 0 Å². The van der Waals surface area contributed by atoms with Crippen molar-refractivity contribution in [3.05, 3.63) is 64.1 Å². The monoisotopic (exact) mass is 424 g/mol. The molecule has 1 aromatic heterocycles. The lowest BCUT2D eigenvalue weighted by Crippen LogP contribution is -2.62. The van der Waals surface area contributed by atoms with E-state index in [9.17, 15) is 14.4 Å². The van der Waals surface area contributed by atoms with E-state index in [4.69, 9.17) is 0 Å². The third-order valence-corrected chi connectivity index (χ3v) is 5.42. The summed E-state index contributed by atoms with van der Waals surface area (Å²) in [6.07, 6.45) is 3.32. The van der Waals surface area contributed by atoms with Gasteiger partial charge < -0.3 is 20.5 Å². The number of piperidine rings is 1. The van der Waals surface area contributed by atoms with Gasteiger partial charge in [-0.25, -0.2) is 0 Å². The second-order valence-electron chi connectivity index (χ2n) is 9.77. The van der Waals surface area contributed by atoms with Gasteiger partial charge in [0.15, 0.2) is 0 Å². The van der Waals surface area contributed by atoms with E-state index < -0.39 is 0 Å². The van der Waals surface area contributed by atoms with E-state index in [-0.39, 0.29) is 41.0 Å². The minimum atomic E-state index is -0.303. The number of aryl methyl sites for hydroxylation is 1. The summed E-state index contributed by atoms with van der Waals surface area (Å²) in [6.45, 7) is 10.4. The van der Waals surface area contributed by atoms with Crippen LogP contribution < -0.4 is 21.5 Å². The van der Waals surface area contributed by atoms with Crippen LogP contribution in [0, 0.1) is 6.92 Å². The maximum atomic E-state index is 12.7. The SMILES string of the molecule is Cc1ccn(CC(=O)Nc2ccc(C(=O)NC3CC(C)(C)NC(C)(C)C3)cc2)c(=O)c1. The number of hydrogen-bond donors (Lipinski definition) is 3. The predicted molar refractivity (Wildman–Crippen MR) is 122 cm³/mol. The third kappa shape index (κ3) is 6.28. The Hall–Kier alpha value is -2.93. The number of pyridine rings is 1. The van der Waals surface area contributed by atoms with E-state index >= 15 is 0 Å². The van der Waals surface area contributed by atoms with Crippen LogP contribution in [-0.2, 0) is 11.3 Å². The molecule has 1 fully saturated rings. The quantitative estimate of drug-likeness (QED) is 0.688. The zero-order valence-electron chi connectivity index (χ0n) is 18.9. The van der Waals surface area contributed by atoms with Crippen molar-refractivity contribution in [2.45, 2.75) is 71.1 Å². The number of rotatable bonds is 5. The average molecular weight is 425 g/mol. The second-order valence-corrected chi connectivity index (χ2v) is 9.77. The zero-order valence-corrected chi connectivity index (χ0v) is 18.9. The molecule has 0 saturated carbocycles. The molecule has 0 radical (unpaired) electrons. The van der Waals surface area contributed by atoms with Crippen LogP contribution in [0.25, 0.3) is 0 Å². The molecule has 1 aliphatic heterocycles. The van der Waals surface area contributed by atoms with Crippen molar-refractivity contribution in [1.82, 2.24) is 15.2 Å². The highest BCUT2D eigenvalue weighted by molar-refractivity contribution is 5.96. The van der Waals surface area contributed by atoms with Gasteiger partial charge >= 0.3 is 0 Å². The van der Waals surface area contributed by atoms with E-state index in [1.165, 1.54) is 10.6 Å². The molecule has 0 aliphatic carbocycles. The molecule has 0 bridgehead atoms. The number of aromatic nitrogens is 1. The number of anilines is 1. The molecule has 1 saturated heterocycles. The standard InChI is InChI=1S/C24H32N4O3/c1-16-10-11-28(21(30)12-16)15-20(29)25-18-8-6-17(7-9-18)22(31)26-19-13-23(2,3)27-24(4,5)14-19/h6-12,19,27H,13-15H2,1-5H3,(H,25,29)(H,26,31). The lowest BCUT2D eigenvalue weighted by atomic mass is 9.79. The Morgan fingerprint density at radius 3 is 2.26 bits per heavy atom. The third-order valence-electron chi connectivity index (χ3n) is 5.42. The maximum Gasteiger partial charge on any atom is 0.251 e. The van der Waals surface area contributed by atoms with Crippen molar-refractivity contribution >= 4 is 17.5 Å². The topological polar surface area (TPSA) is 92.2 Å². The summed E-state index contributed by atoms with van der Waals surface area (Å²) < 4.78 is 1.35. The van der Waals surface area contributed by atoms with Gasteiger partial charge in [-0.1, -0.05) is 0 Å². The average Bonchev–Trinajstić information content (AvgIpc) is 2.62. The van der Waals surface area contributed by atoms with Crippen LogP contribution in [-0.4, -0.2) is 33.5 Å². The van der Waals surface area contributed by atoms with Gasteiger partial charge in [-0.2, -0.15) is 0 Å². The number of hydrogen-bond acceptors (Lipinski definition) is 4. The minimum Gasteiger partial charge on any atom is -0.349 e. The summed E-state index contributed by atoms with van der Waals surface area (Å²) in [4.78, 5) is 36.9. The summed E-state index contributed by atoms with van der Waals surface area (Å²) >= 11 is 0. The highest BCUT2D eigenvalue weighted by atomic mass is 16.2. The first-order valence-corrected chi connectivity index (χ1v) is 10.6. The van der Waals surface area contributed by atoms with Crippen molar-refractivity contribution in [1.29, 1.82) is 0 Å². The Morgan fingerprint density at radius 1 is 1.06 bits per heavy atom. The minimum absolute atomic E-state index is 0.0484. The molecule has 2 heterocycles. The van der Waals surface area contributed by atoms with Crippen LogP contribution in [0.1, 0.15) is 56.5 Å². The van der Waals surface area contributed by atoms with Crippen molar-refractivity contribution in [3.8, 4) is 0 Å². The molecule has 2 aromatic rings. The smallest absolute Gasteiger partial charge is 0.251 e. The van der Waals surface area contributed by atoms with Crippen LogP contribution in [0.3, 0.4) is 0 Å². The number of carbonyl (C=O) groups excluding carboxylic acids is 2. The molecule has 0 spiro atoms. The number of amides is 2. The molecular formula is C24H32N4O3. The van der Waals surface area contributed by atoms with E-state index in [0.717, 1.165) is 18.4 Å². The fraction of sp³-hybridized carbons (Fsp3) is 0.458. The molecule has 7 heteroatoms. The van der Waals surface area contributed by atoms with E-state index in [1.807, 2.05) is 6.92 Å². The van der Waals surface area contributed by atoms with Gasteiger partial charge in [0.05, 0.1) is 0 Å². The molecule has 2 amide bonds. The lowest BCUT2D eigenvalue weighted by molar-refractivity contribution is -0.116. The number of nitrogens with zero attached hydrogens (tertiary/aromatic N) is 1. The van der Waals surface area contributed by atoms with Crippen LogP contribution in [0.4, 0.5) is 5.69 Å². The summed E-state index contributed by atoms with van der Waals surface area (Å²) in [5, 5.41) is 9.52. The summed E-state index contributed by atoms with van der Waals surface area (Å²) in [5.41, 5.74) is 1.66. The van der Waals surface area contributed by atoms with E-state index in [2.05, 4.69) is 43.6 Å². The Balaban J connectivity index is 1.58. The molecule has 0 atom stereocenters. The first-order valence-electron chi connectivity index (χ1n) is 10.6. The van der Waals surface area contributed by atoms with Gasteiger partial charge in [0, 0.05) is 40.6 Å². The van der Waals surface area contributed by atoms with Crippen LogP contribution in [0.2, 0.25) is 0 Å². The Morgan fingerprint density at radius 2 is 1.68 bits per heavy atom. The summed E-state index contributed by atoms with van der Waals surface area (Å²) in [7, 11) is 0. The molecule has 0 unspecified atom stereocenters. The van der Waals surface area contributed by atoms with Gasteiger partial charge in [-0.05, 0) is 83.4 Å². The van der Waals surface area contributed by atoms with Crippen LogP contribution in [0.15, 0.2) is 47.4 Å². The Labute approximate surface area is 183 Å². The lowest BCUT2D eigenvalue weighted by Gasteiger charge is -2.46. The molecule has 1 aromatic carbocycles. The first kappa shape index (κ1) is 22.7. The van der Waals surface area contributed by atoms with Crippen molar-refractivity contribution in [2.75, 3.05) is 5.32 Å². The molecule has 3 rings (SSSR count). The number of nitrogens with one attached hydrogen (secondary N) is 3. The number of carbonyl (C=O) groups is 2. The summed E-state index contributed by atoms with van der Waals surface area (Å²) in [5.74, 6) is -0.426. The normalized spacial score (nSPS) is 17.7. The van der Waals surface area contributed by atoms with E-state index in [1.54, 1.807) is 36.5 Å². The molecule has 31 heavy (non-hydrogen) atoms. The largest absolute Gasteiger partial charge is 0.349 e. The van der Waals surface area contributed by atoms with Gasteiger partial charge in [0.1, 0.15) is 6.54 Å². The molecule has 3 N–H and O–H groups in total. The van der Waals surface area contributed by atoms with E-state index in [0.29, 0.717) is 11.3 Å². The van der Waals surface area contributed by atoms with Crippen molar-refractivity contribution in [3.63, 3.8) is 0 Å². The Bertz CT molecular complexity index is 1010. The predicted octanol–water partition coefficient (Wildman–Crippen LogP) is 2.83. The second kappa shape index (κ2) is 8.67. The number of benzene rings is 1. The molecule has 1 aliphatic rings. The van der Waals surface area contributed by atoms with Crippen LogP contribution in [0.5, 0.6) is 0 Å². The summed E-state index contributed by atoms with van der Waals surface area (Å²) in [6, 6.07) is 10.1. The van der Waals surface area contributed by atoms with Gasteiger partial charge in [-0.15, -0.1) is 0 Å². The Kier molecular flexibility index (Phi) is 6.36.